The molecule has 0 aliphatic heterocycles. The molecule has 0 unspecified atom stereocenters. The van der Waals surface area contributed by atoms with Gasteiger partial charge in [-0.05, 0) is 73.2 Å². The van der Waals surface area contributed by atoms with Gasteiger partial charge in [0.2, 0.25) is 0 Å². The molecular formula is C20H18FNO2. The number of rotatable bonds is 4. The Kier molecular flexibility index (Phi) is 4.47. The van der Waals surface area contributed by atoms with Crippen molar-refractivity contribution < 1.29 is 13.9 Å². The summed E-state index contributed by atoms with van der Waals surface area (Å²) in [7, 11) is 0. The van der Waals surface area contributed by atoms with Gasteiger partial charge in [0.05, 0.1) is 5.69 Å². The first-order valence-corrected chi connectivity index (χ1v) is 7.84. The van der Waals surface area contributed by atoms with Gasteiger partial charge in [-0.15, -0.1) is 0 Å². The number of aromatic nitrogens is 1. The second-order valence-electron chi connectivity index (χ2n) is 5.52. The number of halogens is 1. The van der Waals surface area contributed by atoms with Crippen LogP contribution in [0.25, 0.3) is 16.9 Å². The van der Waals surface area contributed by atoms with Crippen LogP contribution in [0, 0.1) is 12.7 Å². The van der Waals surface area contributed by atoms with E-state index in [0.29, 0.717) is 12.2 Å². The number of aryl methyl sites for hydroxylation is 1. The van der Waals surface area contributed by atoms with Gasteiger partial charge in [-0.25, -0.2) is 4.39 Å². The molecule has 0 saturated carbocycles. The lowest BCUT2D eigenvalue weighted by molar-refractivity contribution is -0.134. The number of hydrogen-bond donors (Lipinski definition) is 0. The summed E-state index contributed by atoms with van der Waals surface area (Å²) in [5.41, 5.74) is 3.93. The van der Waals surface area contributed by atoms with Crippen molar-refractivity contribution in [2.75, 3.05) is 0 Å². The molecule has 0 atom stereocenters. The molecule has 0 spiro atoms. The molecule has 3 rings (SSSR count). The molecule has 3 aromatic rings. The normalized spacial score (nSPS) is 10.6. The van der Waals surface area contributed by atoms with Crippen LogP contribution in [0.1, 0.15) is 19.0 Å². The van der Waals surface area contributed by atoms with Gasteiger partial charge in [0.1, 0.15) is 11.6 Å². The molecule has 2 aromatic carbocycles. The Morgan fingerprint density at radius 1 is 1.00 bits per heavy atom. The van der Waals surface area contributed by atoms with E-state index in [0.717, 1.165) is 22.6 Å². The van der Waals surface area contributed by atoms with Crippen LogP contribution < -0.4 is 4.74 Å². The number of carbonyl (C=O) groups is 1. The van der Waals surface area contributed by atoms with Crippen molar-refractivity contribution in [2.45, 2.75) is 20.3 Å². The average Bonchev–Trinajstić information content (AvgIpc) is 2.98. The minimum Gasteiger partial charge on any atom is -0.427 e. The Labute approximate surface area is 140 Å². The van der Waals surface area contributed by atoms with E-state index in [1.54, 1.807) is 31.2 Å². The Morgan fingerprint density at radius 3 is 2.29 bits per heavy atom. The van der Waals surface area contributed by atoms with E-state index in [9.17, 15) is 9.18 Å². The highest BCUT2D eigenvalue weighted by molar-refractivity contribution is 5.72. The maximum Gasteiger partial charge on any atom is 0.310 e. The summed E-state index contributed by atoms with van der Waals surface area (Å²) in [4.78, 5) is 11.4. The Balaban J connectivity index is 1.96. The van der Waals surface area contributed by atoms with Crippen molar-refractivity contribution >= 4 is 5.97 Å². The molecule has 1 aromatic heterocycles. The van der Waals surface area contributed by atoms with Crippen LogP contribution in [0.3, 0.4) is 0 Å². The Hall–Kier alpha value is -2.88. The molecule has 4 heteroatoms. The lowest BCUT2D eigenvalue weighted by Gasteiger charge is -2.13. The zero-order chi connectivity index (χ0) is 17.1. The summed E-state index contributed by atoms with van der Waals surface area (Å²) in [5, 5.41) is 0. The van der Waals surface area contributed by atoms with Gasteiger partial charge < -0.3 is 9.30 Å². The van der Waals surface area contributed by atoms with E-state index >= 15 is 0 Å². The van der Waals surface area contributed by atoms with Gasteiger partial charge in [-0.2, -0.15) is 0 Å². The molecule has 0 aliphatic rings. The fourth-order valence-electron chi connectivity index (χ4n) is 2.59. The van der Waals surface area contributed by atoms with Crippen molar-refractivity contribution in [2.24, 2.45) is 0 Å². The SMILES string of the molecule is CCC(=O)Oc1ccc(-n2c(C)ccc2-c2ccc(F)cc2)cc1. The van der Waals surface area contributed by atoms with E-state index in [1.807, 2.05) is 31.2 Å². The number of carbonyl (C=O) groups excluding carboxylic acids is 1. The summed E-state index contributed by atoms with van der Waals surface area (Å²) in [6.45, 7) is 3.77. The summed E-state index contributed by atoms with van der Waals surface area (Å²) < 4.78 is 20.4. The maximum atomic E-state index is 13.2. The number of esters is 1. The van der Waals surface area contributed by atoms with Crippen LogP contribution in [0.4, 0.5) is 4.39 Å². The highest BCUT2D eigenvalue weighted by atomic mass is 19.1. The Morgan fingerprint density at radius 2 is 1.67 bits per heavy atom. The van der Waals surface area contributed by atoms with E-state index in [-0.39, 0.29) is 11.8 Å². The quantitative estimate of drug-likeness (QED) is 0.505. The van der Waals surface area contributed by atoms with E-state index in [4.69, 9.17) is 4.74 Å². The van der Waals surface area contributed by atoms with Gasteiger partial charge in [-0.1, -0.05) is 6.92 Å². The standard InChI is InChI=1S/C20H18FNO2/c1-3-20(23)24-18-11-9-17(10-12-18)22-14(2)4-13-19(22)15-5-7-16(21)8-6-15/h4-13H,3H2,1-2H3. The molecule has 0 amide bonds. The van der Waals surface area contributed by atoms with Gasteiger partial charge >= 0.3 is 5.97 Å². The first kappa shape index (κ1) is 16.0. The maximum absolute atomic E-state index is 13.2. The summed E-state index contributed by atoms with van der Waals surface area (Å²) in [6.07, 6.45) is 0.340. The lowest BCUT2D eigenvalue weighted by Crippen LogP contribution is -2.05. The smallest absolute Gasteiger partial charge is 0.310 e. The van der Waals surface area contributed by atoms with Crippen molar-refractivity contribution in [1.29, 1.82) is 0 Å². The predicted octanol–water partition coefficient (Wildman–Crippen LogP) is 4.91. The van der Waals surface area contributed by atoms with Gasteiger partial charge in [-0.3, -0.25) is 4.79 Å². The third-order valence-corrected chi connectivity index (χ3v) is 3.83. The molecule has 0 N–H and O–H groups in total. The molecule has 0 aliphatic carbocycles. The molecular weight excluding hydrogens is 305 g/mol. The van der Waals surface area contributed by atoms with Crippen molar-refractivity contribution in [3.05, 3.63) is 72.2 Å². The topological polar surface area (TPSA) is 31.2 Å². The number of benzene rings is 2. The molecule has 24 heavy (non-hydrogen) atoms. The highest BCUT2D eigenvalue weighted by Crippen LogP contribution is 2.27. The van der Waals surface area contributed by atoms with Crippen molar-refractivity contribution in [1.82, 2.24) is 4.57 Å². The fourth-order valence-corrected chi connectivity index (χ4v) is 2.59. The van der Waals surface area contributed by atoms with Gasteiger partial charge in [0.15, 0.2) is 0 Å². The minimum absolute atomic E-state index is 0.254. The Bertz CT molecular complexity index is 848. The molecule has 0 radical (unpaired) electrons. The lowest BCUT2D eigenvalue weighted by atomic mass is 10.1. The van der Waals surface area contributed by atoms with Crippen LogP contribution in [0.2, 0.25) is 0 Å². The first-order valence-electron chi connectivity index (χ1n) is 7.84. The van der Waals surface area contributed by atoms with Gasteiger partial charge in [0.25, 0.3) is 0 Å². The van der Waals surface area contributed by atoms with E-state index < -0.39 is 0 Å². The van der Waals surface area contributed by atoms with Crippen LogP contribution in [-0.4, -0.2) is 10.5 Å². The second-order valence-corrected chi connectivity index (χ2v) is 5.52. The van der Waals surface area contributed by atoms with E-state index in [2.05, 4.69) is 4.57 Å². The van der Waals surface area contributed by atoms with Crippen LogP contribution in [-0.2, 0) is 4.79 Å². The number of hydrogen-bond acceptors (Lipinski definition) is 2. The van der Waals surface area contributed by atoms with Crippen LogP contribution >= 0.6 is 0 Å². The number of ether oxygens (including phenoxy) is 1. The number of nitrogens with zero attached hydrogens (tertiary/aromatic N) is 1. The summed E-state index contributed by atoms with van der Waals surface area (Å²) in [6, 6.07) is 17.8. The third kappa shape index (κ3) is 3.23. The minimum atomic E-state index is -0.258. The molecule has 1 heterocycles. The zero-order valence-corrected chi connectivity index (χ0v) is 13.6. The summed E-state index contributed by atoms with van der Waals surface area (Å²) >= 11 is 0. The van der Waals surface area contributed by atoms with Crippen LogP contribution in [0.15, 0.2) is 60.7 Å². The predicted molar refractivity (Wildman–Crippen MR) is 91.8 cm³/mol. The molecule has 122 valence electrons. The molecule has 0 saturated heterocycles. The average molecular weight is 323 g/mol. The van der Waals surface area contributed by atoms with E-state index in [1.165, 1.54) is 12.1 Å². The van der Waals surface area contributed by atoms with Gasteiger partial charge in [0, 0.05) is 17.8 Å². The van der Waals surface area contributed by atoms with Crippen LogP contribution in [0.5, 0.6) is 5.75 Å². The fraction of sp³-hybridized carbons (Fsp3) is 0.150. The second kappa shape index (κ2) is 6.71. The van der Waals surface area contributed by atoms with Crippen molar-refractivity contribution in [3.63, 3.8) is 0 Å². The highest BCUT2D eigenvalue weighted by Gasteiger charge is 2.10. The zero-order valence-electron chi connectivity index (χ0n) is 13.6. The molecule has 0 bridgehead atoms. The summed E-state index contributed by atoms with van der Waals surface area (Å²) in [5.74, 6) is 0.0151. The third-order valence-electron chi connectivity index (χ3n) is 3.83. The molecule has 0 fully saturated rings. The molecule has 3 nitrogen and oxygen atoms in total. The first-order chi connectivity index (χ1) is 11.6. The monoisotopic (exact) mass is 323 g/mol. The largest absolute Gasteiger partial charge is 0.427 e. The van der Waals surface area contributed by atoms with Crippen molar-refractivity contribution in [3.8, 4) is 22.7 Å².